The molecule has 1 aliphatic heterocycles. The summed E-state index contributed by atoms with van der Waals surface area (Å²) in [6.07, 6.45) is 9.03. The Bertz CT molecular complexity index is 1040. The van der Waals surface area contributed by atoms with Crippen molar-refractivity contribution in [1.82, 2.24) is 9.62 Å². The average Bonchev–Trinajstić information content (AvgIpc) is 2.74. The fourth-order valence-corrected chi connectivity index (χ4v) is 8.43. The van der Waals surface area contributed by atoms with Crippen molar-refractivity contribution < 1.29 is 17.6 Å². The van der Waals surface area contributed by atoms with Crippen molar-refractivity contribution in [2.45, 2.75) is 74.8 Å². The summed E-state index contributed by atoms with van der Waals surface area (Å²) in [5.41, 5.74) is 0.577. The topological polar surface area (TPSA) is 90.3 Å². The van der Waals surface area contributed by atoms with E-state index < -0.39 is 26.8 Å². The number of carbonyl (C=O) groups is 1. The molecular weight excluding hydrogens is 417 g/mol. The fraction of sp³-hybridized carbons (Fsp3) is 0.652. The van der Waals surface area contributed by atoms with Crippen LogP contribution in [0, 0.1) is 34.4 Å². The van der Waals surface area contributed by atoms with Crippen LogP contribution in [0.15, 0.2) is 23.1 Å². The third kappa shape index (κ3) is 3.46. The fourth-order valence-electron chi connectivity index (χ4n) is 6.73. The molecule has 1 spiro atoms. The molecule has 8 heteroatoms. The Morgan fingerprint density at radius 3 is 2.68 bits per heavy atom. The quantitative estimate of drug-likeness (QED) is 0.770. The highest BCUT2D eigenvalue weighted by Crippen LogP contribution is 2.63. The predicted molar refractivity (Wildman–Crippen MR) is 112 cm³/mol. The molecule has 3 bridgehead atoms. The zero-order valence-electron chi connectivity index (χ0n) is 17.5. The number of nitrogens with one attached hydrogen (secondary N) is 1. The van der Waals surface area contributed by atoms with Crippen LogP contribution in [0.1, 0.15) is 63.4 Å². The molecule has 5 fully saturated rings. The smallest absolute Gasteiger partial charge is 0.246 e. The molecule has 31 heavy (non-hydrogen) atoms. The third-order valence-electron chi connectivity index (χ3n) is 8.10. The third-order valence-corrected chi connectivity index (χ3v) is 10.0. The van der Waals surface area contributed by atoms with Gasteiger partial charge in [-0.2, -0.15) is 9.57 Å². The molecule has 1 amide bonds. The van der Waals surface area contributed by atoms with Crippen molar-refractivity contribution in [3.63, 3.8) is 0 Å². The number of amides is 1. The van der Waals surface area contributed by atoms with Gasteiger partial charge in [0.25, 0.3) is 0 Å². The molecule has 4 saturated carbocycles. The average molecular weight is 446 g/mol. The number of benzene rings is 1. The molecule has 3 atom stereocenters. The summed E-state index contributed by atoms with van der Waals surface area (Å²) in [6, 6.07) is 4.48. The number of rotatable bonds is 4. The van der Waals surface area contributed by atoms with E-state index in [4.69, 9.17) is 5.26 Å². The maximum absolute atomic E-state index is 14.5. The molecule has 1 heterocycles. The number of sulfonamides is 1. The SMILES string of the molecule is N#Cc1ccc(S(=O)(=O)N2CCCCC2C(=O)NC2C3CCCC4(C3)CC2C4)c(F)c1. The van der Waals surface area contributed by atoms with Crippen molar-refractivity contribution in [2.75, 3.05) is 6.54 Å². The monoisotopic (exact) mass is 445 g/mol. The van der Waals surface area contributed by atoms with E-state index in [1.165, 1.54) is 42.5 Å². The van der Waals surface area contributed by atoms with Gasteiger partial charge in [0.05, 0.1) is 11.6 Å². The molecule has 1 aromatic carbocycles. The zero-order chi connectivity index (χ0) is 21.8. The van der Waals surface area contributed by atoms with Crippen LogP contribution in [0.25, 0.3) is 0 Å². The lowest BCUT2D eigenvalue weighted by Gasteiger charge is -2.62. The lowest BCUT2D eigenvalue weighted by atomic mass is 9.45. The number of hydrogen-bond acceptors (Lipinski definition) is 4. The summed E-state index contributed by atoms with van der Waals surface area (Å²) in [5, 5.41) is 12.2. The lowest BCUT2D eigenvalue weighted by Crippen LogP contribution is -2.63. The maximum atomic E-state index is 14.5. The van der Waals surface area contributed by atoms with Crippen LogP contribution < -0.4 is 5.32 Å². The van der Waals surface area contributed by atoms with Gasteiger partial charge in [0.2, 0.25) is 15.9 Å². The first-order valence-electron chi connectivity index (χ1n) is 11.3. The molecule has 4 aliphatic carbocycles. The summed E-state index contributed by atoms with van der Waals surface area (Å²) in [6.45, 7) is 0.195. The van der Waals surface area contributed by atoms with Crippen LogP contribution >= 0.6 is 0 Å². The van der Waals surface area contributed by atoms with Crippen molar-refractivity contribution in [3.05, 3.63) is 29.6 Å². The summed E-state index contributed by atoms with van der Waals surface area (Å²) in [7, 11) is -4.19. The summed E-state index contributed by atoms with van der Waals surface area (Å²) in [4.78, 5) is 12.8. The highest BCUT2D eigenvalue weighted by Gasteiger charge is 2.57. The minimum atomic E-state index is -4.19. The van der Waals surface area contributed by atoms with E-state index in [2.05, 4.69) is 5.32 Å². The summed E-state index contributed by atoms with van der Waals surface area (Å²) in [5.74, 6) is -0.196. The zero-order valence-corrected chi connectivity index (χ0v) is 18.3. The Hall–Kier alpha value is -1.98. The molecule has 166 valence electrons. The van der Waals surface area contributed by atoms with E-state index in [9.17, 15) is 17.6 Å². The van der Waals surface area contributed by atoms with E-state index in [0.717, 1.165) is 25.0 Å². The summed E-state index contributed by atoms with van der Waals surface area (Å²) >= 11 is 0. The van der Waals surface area contributed by atoms with Gasteiger partial charge in [-0.15, -0.1) is 0 Å². The Balaban J connectivity index is 1.37. The molecule has 6 rings (SSSR count). The highest BCUT2D eigenvalue weighted by molar-refractivity contribution is 7.89. The van der Waals surface area contributed by atoms with Gasteiger partial charge in [-0.05, 0) is 80.4 Å². The number of piperidine rings is 1. The molecule has 5 aliphatic rings. The molecule has 3 unspecified atom stereocenters. The second-order valence-corrected chi connectivity index (χ2v) is 11.8. The molecule has 1 N–H and O–H groups in total. The Labute approximate surface area is 182 Å². The Morgan fingerprint density at radius 2 is 1.94 bits per heavy atom. The van der Waals surface area contributed by atoms with E-state index in [1.54, 1.807) is 0 Å². The first-order valence-corrected chi connectivity index (χ1v) is 12.8. The standard InChI is InChI=1S/C23H28FN3O3S/c24-18-10-15(14-25)6-7-20(18)31(29,30)27-9-2-1-5-19(27)22(28)26-21-16-4-3-8-23(11-16)12-17(21)13-23/h6-7,10,16-17,19,21H,1-5,8-9,11-13H2,(H,26,28). The van der Waals surface area contributed by atoms with Crippen molar-refractivity contribution >= 4 is 15.9 Å². The maximum Gasteiger partial charge on any atom is 0.246 e. The van der Waals surface area contributed by atoms with Crippen molar-refractivity contribution in [3.8, 4) is 6.07 Å². The summed E-state index contributed by atoms with van der Waals surface area (Å²) < 4.78 is 42.3. The van der Waals surface area contributed by atoms with Crippen molar-refractivity contribution in [2.24, 2.45) is 17.3 Å². The highest BCUT2D eigenvalue weighted by atomic mass is 32.2. The van der Waals surface area contributed by atoms with Gasteiger partial charge >= 0.3 is 0 Å². The van der Waals surface area contributed by atoms with Gasteiger partial charge in [-0.1, -0.05) is 12.8 Å². The first-order chi connectivity index (χ1) is 14.8. The van der Waals surface area contributed by atoms with Gasteiger partial charge in [0.1, 0.15) is 16.8 Å². The molecule has 1 aromatic rings. The number of hydrogen-bond donors (Lipinski definition) is 1. The Morgan fingerprint density at radius 1 is 1.16 bits per heavy atom. The normalized spacial score (nSPS) is 35.0. The second kappa shape index (κ2) is 7.56. The molecule has 6 nitrogen and oxygen atoms in total. The Kier molecular flexibility index (Phi) is 5.10. The predicted octanol–water partition coefficient (Wildman–Crippen LogP) is 3.33. The van der Waals surface area contributed by atoms with Gasteiger partial charge in [0.15, 0.2) is 0 Å². The van der Waals surface area contributed by atoms with Crippen LogP contribution in [-0.2, 0) is 14.8 Å². The van der Waals surface area contributed by atoms with Crippen molar-refractivity contribution in [1.29, 1.82) is 5.26 Å². The van der Waals surface area contributed by atoms with Gasteiger partial charge < -0.3 is 5.32 Å². The minimum absolute atomic E-state index is 0.0609. The van der Waals surface area contributed by atoms with Crippen LogP contribution in [0.4, 0.5) is 4.39 Å². The van der Waals surface area contributed by atoms with Gasteiger partial charge in [-0.25, -0.2) is 12.8 Å². The van der Waals surface area contributed by atoms with Crippen LogP contribution in [-0.4, -0.2) is 37.3 Å². The largest absolute Gasteiger partial charge is 0.351 e. The van der Waals surface area contributed by atoms with Gasteiger partial charge in [-0.3, -0.25) is 4.79 Å². The van der Waals surface area contributed by atoms with Crippen LogP contribution in [0.5, 0.6) is 0 Å². The number of nitriles is 1. The molecule has 1 saturated heterocycles. The lowest BCUT2D eigenvalue weighted by molar-refractivity contribution is -0.135. The minimum Gasteiger partial charge on any atom is -0.351 e. The molecule has 0 radical (unpaired) electrons. The van der Waals surface area contributed by atoms with E-state index in [0.29, 0.717) is 30.1 Å². The number of halogens is 1. The molecule has 0 aromatic heterocycles. The van der Waals surface area contributed by atoms with Crippen LogP contribution in [0.2, 0.25) is 0 Å². The first kappa shape index (κ1) is 20.9. The van der Waals surface area contributed by atoms with Gasteiger partial charge in [0, 0.05) is 12.6 Å². The number of nitrogens with zero attached hydrogens (tertiary/aromatic N) is 2. The van der Waals surface area contributed by atoms with E-state index >= 15 is 0 Å². The van der Waals surface area contributed by atoms with E-state index in [-0.39, 0.29) is 24.1 Å². The second-order valence-electron chi connectivity index (χ2n) is 9.94. The van der Waals surface area contributed by atoms with E-state index in [1.807, 2.05) is 6.07 Å². The number of carbonyl (C=O) groups excluding carboxylic acids is 1. The van der Waals surface area contributed by atoms with Crippen LogP contribution in [0.3, 0.4) is 0 Å². The molecular formula is C23H28FN3O3S.